The number of halogens is 1. The number of nitrogens with two attached hydrogens (primary N) is 1. The van der Waals surface area contributed by atoms with Crippen molar-refractivity contribution in [1.29, 1.82) is 0 Å². The van der Waals surface area contributed by atoms with Gasteiger partial charge in [0.15, 0.2) is 0 Å². The minimum absolute atomic E-state index is 0.0913. The Hall–Kier alpha value is -0.610. The number of benzene rings is 1. The van der Waals surface area contributed by atoms with Gasteiger partial charge in [-0.15, -0.1) is 0 Å². The summed E-state index contributed by atoms with van der Waals surface area (Å²) in [6, 6.07) is 7.92. The van der Waals surface area contributed by atoms with Crippen molar-refractivity contribution in [1.82, 2.24) is 9.80 Å². The molecule has 0 aromatic heterocycles. The third-order valence-corrected chi connectivity index (χ3v) is 3.52. The highest BCUT2D eigenvalue weighted by Crippen LogP contribution is 2.17. The summed E-state index contributed by atoms with van der Waals surface area (Å²) in [5, 5.41) is 0.761. The lowest BCUT2D eigenvalue weighted by Gasteiger charge is -2.20. The van der Waals surface area contributed by atoms with Crippen LogP contribution in [0.3, 0.4) is 0 Å². The first-order valence-electron chi connectivity index (χ1n) is 6.83. The van der Waals surface area contributed by atoms with Gasteiger partial charge in [0.05, 0.1) is 0 Å². The summed E-state index contributed by atoms with van der Waals surface area (Å²) >= 11 is 5.87. The molecule has 1 rings (SSSR count). The van der Waals surface area contributed by atoms with Crippen molar-refractivity contribution in [2.45, 2.75) is 18.9 Å². The molecule has 19 heavy (non-hydrogen) atoms. The van der Waals surface area contributed by atoms with E-state index in [1.807, 2.05) is 24.3 Å². The lowest BCUT2D eigenvalue weighted by molar-refractivity contribution is 0.291. The van der Waals surface area contributed by atoms with Crippen molar-refractivity contribution in [3.8, 4) is 0 Å². The lowest BCUT2D eigenvalue weighted by atomic mass is 10.0. The fourth-order valence-corrected chi connectivity index (χ4v) is 2.13. The van der Waals surface area contributed by atoms with Gasteiger partial charge in [0.2, 0.25) is 0 Å². The number of nitrogens with zero attached hydrogens (tertiary/aromatic N) is 2. The Bertz CT molecular complexity index is 351. The van der Waals surface area contributed by atoms with Crippen LogP contribution in [0.25, 0.3) is 0 Å². The van der Waals surface area contributed by atoms with Crippen molar-refractivity contribution < 1.29 is 0 Å². The average Bonchev–Trinajstić information content (AvgIpc) is 2.36. The molecule has 0 spiro atoms. The predicted molar refractivity (Wildman–Crippen MR) is 83.7 cm³/mol. The first-order chi connectivity index (χ1) is 8.99. The van der Waals surface area contributed by atoms with Gasteiger partial charge >= 0.3 is 0 Å². The number of hydrogen-bond donors (Lipinski definition) is 1. The van der Waals surface area contributed by atoms with Crippen LogP contribution in [0.15, 0.2) is 24.3 Å². The monoisotopic (exact) mass is 283 g/mol. The normalized spacial score (nSPS) is 13.2. The maximum Gasteiger partial charge on any atom is 0.0406 e. The van der Waals surface area contributed by atoms with E-state index in [2.05, 4.69) is 30.9 Å². The van der Waals surface area contributed by atoms with Crippen molar-refractivity contribution in [2.75, 3.05) is 40.8 Å². The summed E-state index contributed by atoms with van der Waals surface area (Å²) in [5.74, 6) is 0. The van der Waals surface area contributed by atoms with Crippen LogP contribution in [0.1, 0.15) is 24.4 Å². The smallest absolute Gasteiger partial charge is 0.0406 e. The molecule has 0 aliphatic heterocycles. The van der Waals surface area contributed by atoms with Crippen LogP contribution in [0.5, 0.6) is 0 Å². The van der Waals surface area contributed by atoms with E-state index in [1.54, 1.807) is 0 Å². The van der Waals surface area contributed by atoms with Crippen LogP contribution in [0.4, 0.5) is 0 Å². The highest BCUT2D eigenvalue weighted by atomic mass is 35.5. The molecule has 1 aromatic carbocycles. The predicted octanol–water partition coefficient (Wildman–Crippen LogP) is 2.61. The maximum atomic E-state index is 6.19. The summed E-state index contributed by atoms with van der Waals surface area (Å²) < 4.78 is 0. The molecule has 0 aliphatic carbocycles. The summed E-state index contributed by atoms with van der Waals surface area (Å²) in [5.41, 5.74) is 7.35. The lowest BCUT2D eigenvalue weighted by Crippen LogP contribution is -2.27. The molecular weight excluding hydrogens is 258 g/mol. The molecule has 3 nitrogen and oxygen atoms in total. The summed E-state index contributed by atoms with van der Waals surface area (Å²) in [6.45, 7) is 3.27. The second-order valence-electron chi connectivity index (χ2n) is 5.41. The highest BCUT2D eigenvalue weighted by molar-refractivity contribution is 6.30. The second-order valence-corrected chi connectivity index (χ2v) is 5.84. The van der Waals surface area contributed by atoms with Crippen molar-refractivity contribution in [3.63, 3.8) is 0 Å². The third-order valence-electron chi connectivity index (χ3n) is 3.27. The molecule has 0 amide bonds. The maximum absolute atomic E-state index is 6.19. The largest absolute Gasteiger partial charge is 0.324 e. The van der Waals surface area contributed by atoms with Crippen LogP contribution in [-0.4, -0.2) is 50.6 Å². The molecule has 1 aromatic rings. The Morgan fingerprint density at radius 3 is 2.26 bits per heavy atom. The van der Waals surface area contributed by atoms with E-state index < -0.39 is 0 Å². The molecule has 0 fully saturated rings. The average molecular weight is 284 g/mol. The standard InChI is InChI=1S/C15H26ClN3/c1-18(2)10-4-11-19(3)12-9-15(17)13-5-7-14(16)8-6-13/h5-8,15H,4,9-12,17H2,1-3H3. The van der Waals surface area contributed by atoms with Gasteiger partial charge in [-0.25, -0.2) is 0 Å². The SMILES string of the molecule is CN(C)CCCN(C)CCC(N)c1ccc(Cl)cc1. The number of rotatable bonds is 8. The van der Waals surface area contributed by atoms with E-state index in [0.717, 1.165) is 36.6 Å². The van der Waals surface area contributed by atoms with Gasteiger partial charge in [0.25, 0.3) is 0 Å². The second kappa shape index (κ2) is 8.54. The van der Waals surface area contributed by atoms with E-state index in [0.29, 0.717) is 0 Å². The van der Waals surface area contributed by atoms with Crippen molar-refractivity contribution >= 4 is 11.6 Å². The summed E-state index contributed by atoms with van der Waals surface area (Å²) in [4.78, 5) is 4.56. The minimum atomic E-state index is 0.0913. The Morgan fingerprint density at radius 2 is 1.68 bits per heavy atom. The Morgan fingerprint density at radius 1 is 1.05 bits per heavy atom. The van der Waals surface area contributed by atoms with E-state index >= 15 is 0 Å². The third kappa shape index (κ3) is 6.92. The molecule has 0 aliphatic rings. The molecular formula is C15H26ClN3. The van der Waals surface area contributed by atoms with Gasteiger partial charge in [-0.2, -0.15) is 0 Å². The zero-order chi connectivity index (χ0) is 14.3. The fraction of sp³-hybridized carbons (Fsp3) is 0.600. The molecule has 1 unspecified atom stereocenters. The van der Waals surface area contributed by atoms with E-state index in [1.165, 1.54) is 6.42 Å². The summed E-state index contributed by atoms with van der Waals surface area (Å²) in [7, 11) is 6.37. The fourth-order valence-electron chi connectivity index (χ4n) is 2.00. The number of hydrogen-bond acceptors (Lipinski definition) is 3. The van der Waals surface area contributed by atoms with Gasteiger partial charge in [-0.1, -0.05) is 23.7 Å². The molecule has 108 valence electrons. The molecule has 0 bridgehead atoms. The molecule has 0 saturated heterocycles. The van der Waals surface area contributed by atoms with Crippen molar-refractivity contribution in [3.05, 3.63) is 34.9 Å². The minimum Gasteiger partial charge on any atom is -0.324 e. The molecule has 2 N–H and O–H groups in total. The Balaban J connectivity index is 2.25. The quantitative estimate of drug-likeness (QED) is 0.796. The zero-order valence-corrected chi connectivity index (χ0v) is 13.0. The van der Waals surface area contributed by atoms with E-state index in [9.17, 15) is 0 Å². The molecule has 0 radical (unpaired) electrons. The van der Waals surface area contributed by atoms with Gasteiger partial charge in [0.1, 0.15) is 0 Å². The van der Waals surface area contributed by atoms with Crippen molar-refractivity contribution in [2.24, 2.45) is 5.73 Å². The molecule has 1 atom stereocenters. The van der Waals surface area contributed by atoms with Crippen LogP contribution in [0.2, 0.25) is 5.02 Å². The molecule has 4 heteroatoms. The van der Waals surface area contributed by atoms with Crippen LogP contribution in [-0.2, 0) is 0 Å². The van der Waals surface area contributed by atoms with E-state index in [4.69, 9.17) is 17.3 Å². The Kier molecular flexibility index (Phi) is 7.39. The van der Waals surface area contributed by atoms with Crippen LogP contribution < -0.4 is 5.73 Å². The van der Waals surface area contributed by atoms with Crippen LogP contribution >= 0.6 is 11.6 Å². The van der Waals surface area contributed by atoms with Gasteiger partial charge in [0, 0.05) is 11.1 Å². The summed E-state index contributed by atoms with van der Waals surface area (Å²) in [6.07, 6.45) is 2.17. The highest BCUT2D eigenvalue weighted by Gasteiger charge is 2.07. The van der Waals surface area contributed by atoms with Gasteiger partial charge in [-0.3, -0.25) is 0 Å². The van der Waals surface area contributed by atoms with Gasteiger partial charge < -0.3 is 15.5 Å². The van der Waals surface area contributed by atoms with Gasteiger partial charge in [-0.05, 0) is 71.3 Å². The zero-order valence-electron chi connectivity index (χ0n) is 12.3. The first-order valence-corrected chi connectivity index (χ1v) is 7.21. The first kappa shape index (κ1) is 16.4. The van der Waals surface area contributed by atoms with Crippen LogP contribution in [0, 0.1) is 0 Å². The van der Waals surface area contributed by atoms with E-state index in [-0.39, 0.29) is 6.04 Å². The molecule has 0 saturated carbocycles. The topological polar surface area (TPSA) is 32.5 Å². The molecule has 0 heterocycles. The Labute approximate surface area is 122 Å².